The maximum atomic E-state index is 10.8. The Morgan fingerprint density at radius 3 is 2.97 bits per heavy atom. The first-order valence-corrected chi connectivity index (χ1v) is 10.6. The fourth-order valence-electron chi connectivity index (χ4n) is 4.75. The van der Waals surface area contributed by atoms with Crippen LogP contribution in [0.15, 0.2) is 30.6 Å². The normalized spacial score (nSPS) is 26.1. The summed E-state index contributed by atoms with van der Waals surface area (Å²) in [6.07, 6.45) is 2.12. The Hall–Kier alpha value is -2.32. The summed E-state index contributed by atoms with van der Waals surface area (Å²) in [6.45, 7) is 3.73. The molecule has 0 radical (unpaired) electrons. The van der Waals surface area contributed by atoms with E-state index >= 15 is 0 Å². The molecule has 5 rings (SSSR count). The lowest BCUT2D eigenvalue weighted by Crippen LogP contribution is -2.35. The van der Waals surface area contributed by atoms with E-state index in [2.05, 4.69) is 16.4 Å². The Morgan fingerprint density at radius 2 is 2.13 bits per heavy atom. The first-order chi connectivity index (χ1) is 14.4. The Labute approximate surface area is 179 Å². The highest BCUT2D eigenvalue weighted by atomic mass is 35.5. The number of nitrogens with zero attached hydrogens (tertiary/aromatic N) is 2. The number of aromatic nitrogens is 2. The van der Waals surface area contributed by atoms with Crippen LogP contribution in [0.25, 0.3) is 11.0 Å². The number of fused-ring (bicyclic) bond motifs is 2. The third-order valence-corrected chi connectivity index (χ3v) is 6.54. The van der Waals surface area contributed by atoms with Crippen LogP contribution < -0.4 is 15.8 Å². The van der Waals surface area contributed by atoms with Gasteiger partial charge in [0.1, 0.15) is 29.7 Å². The van der Waals surface area contributed by atoms with Crippen LogP contribution in [0.3, 0.4) is 0 Å². The van der Waals surface area contributed by atoms with Crippen LogP contribution in [0.1, 0.15) is 29.2 Å². The van der Waals surface area contributed by atoms with E-state index < -0.39 is 24.4 Å². The largest absolute Gasteiger partial charge is 0.487 e. The van der Waals surface area contributed by atoms with Crippen molar-refractivity contribution in [3.8, 4) is 5.75 Å². The highest BCUT2D eigenvalue weighted by molar-refractivity contribution is 6.36. The molecule has 1 saturated carbocycles. The van der Waals surface area contributed by atoms with Crippen LogP contribution >= 0.6 is 11.6 Å². The van der Waals surface area contributed by atoms with E-state index in [1.807, 2.05) is 13.0 Å². The maximum Gasteiger partial charge on any atom is 0.143 e. The van der Waals surface area contributed by atoms with Crippen molar-refractivity contribution in [1.82, 2.24) is 14.9 Å². The summed E-state index contributed by atoms with van der Waals surface area (Å²) in [4.78, 5) is 4.40. The lowest BCUT2D eigenvalue weighted by atomic mass is 9.97. The molecule has 4 atom stereocenters. The van der Waals surface area contributed by atoms with Gasteiger partial charge in [-0.05, 0) is 43.1 Å². The van der Waals surface area contributed by atoms with Crippen molar-refractivity contribution < 1.29 is 14.9 Å². The van der Waals surface area contributed by atoms with Gasteiger partial charge in [0, 0.05) is 36.6 Å². The minimum Gasteiger partial charge on any atom is -0.487 e. The van der Waals surface area contributed by atoms with Crippen LogP contribution in [0, 0.1) is 6.92 Å². The average molecular weight is 429 g/mol. The molecule has 2 aliphatic rings. The van der Waals surface area contributed by atoms with E-state index in [-0.39, 0.29) is 0 Å². The number of aliphatic hydroxyl groups is 2. The summed E-state index contributed by atoms with van der Waals surface area (Å²) in [7, 11) is 0. The van der Waals surface area contributed by atoms with Crippen molar-refractivity contribution in [3.05, 3.63) is 52.3 Å². The number of pyridine rings is 1. The molecule has 0 saturated heterocycles. The van der Waals surface area contributed by atoms with Crippen molar-refractivity contribution >= 4 is 28.3 Å². The summed E-state index contributed by atoms with van der Waals surface area (Å²) >= 11 is 6.39. The smallest absolute Gasteiger partial charge is 0.143 e. The summed E-state index contributed by atoms with van der Waals surface area (Å²) in [5.41, 5.74) is 10.7. The molecular formula is C22H25ClN4O3. The van der Waals surface area contributed by atoms with Crippen LogP contribution in [0.4, 0.5) is 5.69 Å². The quantitative estimate of drug-likeness (QED) is 0.510. The molecule has 0 amide bonds. The summed E-state index contributed by atoms with van der Waals surface area (Å²) in [5.74, 6) is 0.770. The molecule has 0 spiro atoms. The second-order valence-corrected chi connectivity index (χ2v) is 8.66. The monoisotopic (exact) mass is 428 g/mol. The third kappa shape index (κ3) is 3.13. The van der Waals surface area contributed by atoms with Crippen molar-refractivity contribution in [2.75, 3.05) is 12.3 Å². The predicted octanol–water partition coefficient (Wildman–Crippen LogP) is 2.34. The number of nitrogens with one attached hydrogen (secondary N) is 1. The molecule has 8 heteroatoms. The number of anilines is 1. The fraction of sp³-hybridized carbons (Fsp3) is 0.409. The van der Waals surface area contributed by atoms with Crippen molar-refractivity contribution in [2.24, 2.45) is 0 Å². The lowest BCUT2D eigenvalue weighted by Gasteiger charge is -2.25. The van der Waals surface area contributed by atoms with Gasteiger partial charge in [-0.25, -0.2) is 4.98 Å². The van der Waals surface area contributed by atoms with Crippen LogP contribution in [0.5, 0.6) is 5.75 Å². The maximum absolute atomic E-state index is 10.8. The third-order valence-electron chi connectivity index (χ3n) is 6.25. The zero-order valence-electron chi connectivity index (χ0n) is 16.7. The van der Waals surface area contributed by atoms with Crippen LogP contribution in [0.2, 0.25) is 5.02 Å². The molecule has 1 aliphatic heterocycles. The number of rotatable bonds is 3. The van der Waals surface area contributed by atoms with Gasteiger partial charge in [0.15, 0.2) is 0 Å². The molecule has 30 heavy (non-hydrogen) atoms. The summed E-state index contributed by atoms with van der Waals surface area (Å²) < 4.78 is 8.09. The molecule has 7 nitrogen and oxygen atoms in total. The topological polar surface area (TPSA) is 106 Å². The van der Waals surface area contributed by atoms with Gasteiger partial charge in [-0.1, -0.05) is 17.7 Å². The number of aliphatic hydroxyl groups excluding tert-OH is 2. The Morgan fingerprint density at radius 1 is 1.30 bits per heavy atom. The van der Waals surface area contributed by atoms with Crippen LogP contribution in [-0.2, 0) is 13.0 Å². The number of nitrogens with two attached hydrogens (primary N) is 1. The molecule has 1 fully saturated rings. The van der Waals surface area contributed by atoms with Gasteiger partial charge in [-0.2, -0.15) is 0 Å². The highest BCUT2D eigenvalue weighted by Crippen LogP contribution is 2.40. The van der Waals surface area contributed by atoms with Gasteiger partial charge in [0.2, 0.25) is 0 Å². The van der Waals surface area contributed by atoms with Gasteiger partial charge >= 0.3 is 0 Å². The molecule has 3 heterocycles. The Bertz CT molecular complexity index is 1120. The molecule has 158 valence electrons. The molecule has 1 aromatic carbocycles. The number of aryl methyl sites for hydroxylation is 1. The van der Waals surface area contributed by atoms with Crippen LogP contribution in [-0.4, -0.2) is 44.6 Å². The predicted molar refractivity (Wildman–Crippen MR) is 116 cm³/mol. The molecular weight excluding hydrogens is 404 g/mol. The van der Waals surface area contributed by atoms with E-state index in [4.69, 9.17) is 22.1 Å². The van der Waals surface area contributed by atoms with Gasteiger partial charge in [-0.15, -0.1) is 0 Å². The van der Waals surface area contributed by atoms with E-state index in [0.717, 1.165) is 36.4 Å². The molecule has 2 aromatic heterocycles. The number of nitrogen functional groups attached to an aromatic ring is 1. The van der Waals surface area contributed by atoms with Crippen molar-refractivity contribution in [2.45, 2.75) is 50.7 Å². The second-order valence-electron chi connectivity index (χ2n) is 8.25. The van der Waals surface area contributed by atoms with Gasteiger partial charge < -0.3 is 30.6 Å². The number of hydrogen-bond acceptors (Lipinski definition) is 6. The molecule has 2 unspecified atom stereocenters. The SMILES string of the molecule is Cc1cc2c(c(OC3CC(n4cc(Cl)c5c(N)ccnc54)[C@H](O)[C@@H]3O)c1)CNCC2. The molecule has 3 aromatic rings. The van der Waals surface area contributed by atoms with E-state index in [9.17, 15) is 10.2 Å². The zero-order valence-corrected chi connectivity index (χ0v) is 17.4. The van der Waals surface area contributed by atoms with Gasteiger partial charge in [-0.3, -0.25) is 0 Å². The van der Waals surface area contributed by atoms with Crippen molar-refractivity contribution in [3.63, 3.8) is 0 Å². The second kappa shape index (κ2) is 7.42. The number of halogens is 1. The molecule has 5 N–H and O–H groups in total. The first-order valence-electron chi connectivity index (χ1n) is 10.2. The van der Waals surface area contributed by atoms with Crippen molar-refractivity contribution in [1.29, 1.82) is 0 Å². The first kappa shape index (κ1) is 19.6. The van der Waals surface area contributed by atoms with E-state index in [0.29, 0.717) is 28.2 Å². The van der Waals surface area contributed by atoms with E-state index in [1.165, 1.54) is 5.56 Å². The average Bonchev–Trinajstić information content (AvgIpc) is 3.20. The molecule has 1 aliphatic carbocycles. The zero-order chi connectivity index (χ0) is 21.0. The Kier molecular flexibility index (Phi) is 4.86. The minimum atomic E-state index is -1.03. The minimum absolute atomic E-state index is 0.423. The fourth-order valence-corrected chi connectivity index (χ4v) is 5.05. The lowest BCUT2D eigenvalue weighted by molar-refractivity contribution is -0.0166. The number of ether oxygens (including phenoxy) is 1. The standard InChI is InChI=1S/C22H25ClN4O3/c1-11-6-12-2-4-25-9-13(12)17(7-11)30-18-8-16(20(28)21(18)29)27-10-14(23)19-15(24)3-5-26-22(19)27/h3,5-7,10,16,18,20-21,25,28-29H,2,4,8-9H2,1H3,(H2,24,26)/t16?,18?,20-,21+/m0/s1. The van der Waals surface area contributed by atoms with Gasteiger partial charge in [0.25, 0.3) is 0 Å². The summed E-state index contributed by atoms with van der Waals surface area (Å²) in [5, 5.41) is 26.1. The molecule has 0 bridgehead atoms. The van der Waals surface area contributed by atoms with E-state index in [1.54, 1.807) is 23.0 Å². The highest BCUT2D eigenvalue weighted by Gasteiger charge is 2.45. The van der Waals surface area contributed by atoms with Gasteiger partial charge in [0.05, 0.1) is 16.5 Å². The number of hydrogen-bond donors (Lipinski definition) is 4. The summed E-state index contributed by atoms with van der Waals surface area (Å²) in [6, 6.07) is 5.46. The number of benzene rings is 1. The Balaban J connectivity index is 1.47.